The minimum atomic E-state index is -0.264. The molecule has 2 rings (SSSR count). The monoisotopic (exact) mass is 241 g/mol. The molecule has 5 heteroatoms. The van der Waals surface area contributed by atoms with Crippen LogP contribution in [0.15, 0.2) is 0 Å². The molecule has 1 N–H and O–H groups in total. The molecule has 0 radical (unpaired) electrons. The van der Waals surface area contributed by atoms with Gasteiger partial charge >= 0.3 is 0 Å². The first-order valence-electron chi connectivity index (χ1n) is 6.46. The number of piperidine rings is 1. The third-order valence-corrected chi connectivity index (χ3v) is 3.71. The number of carbonyl (C=O) groups is 1. The maximum atomic E-state index is 12.2. The first-order valence-corrected chi connectivity index (χ1v) is 6.46. The molecule has 2 aliphatic heterocycles. The quantitative estimate of drug-likeness (QED) is 0.710. The highest BCUT2D eigenvalue weighted by atomic mass is 16.5. The molecule has 2 fully saturated rings. The molecule has 2 heterocycles. The minimum absolute atomic E-state index is 0.161. The number of hydrogen-bond acceptors (Lipinski definition) is 4. The summed E-state index contributed by atoms with van der Waals surface area (Å²) in [7, 11) is 4.21. The summed E-state index contributed by atoms with van der Waals surface area (Å²) in [6.45, 7) is 3.88. The van der Waals surface area contributed by atoms with Gasteiger partial charge < -0.3 is 19.9 Å². The van der Waals surface area contributed by atoms with Gasteiger partial charge in [-0.25, -0.2) is 0 Å². The van der Waals surface area contributed by atoms with Crippen LogP contribution >= 0.6 is 0 Å². The van der Waals surface area contributed by atoms with E-state index in [-0.39, 0.29) is 12.0 Å². The summed E-state index contributed by atoms with van der Waals surface area (Å²) in [5, 5.41) is 3.20. The first-order chi connectivity index (χ1) is 8.18. The van der Waals surface area contributed by atoms with E-state index >= 15 is 0 Å². The van der Waals surface area contributed by atoms with E-state index in [1.54, 1.807) is 0 Å². The molecule has 5 nitrogen and oxygen atoms in total. The highest BCUT2D eigenvalue weighted by Gasteiger charge is 2.30. The molecule has 0 aromatic heterocycles. The van der Waals surface area contributed by atoms with Crippen LogP contribution in [0.3, 0.4) is 0 Å². The molecule has 0 bridgehead atoms. The van der Waals surface area contributed by atoms with Gasteiger partial charge in [-0.05, 0) is 26.9 Å². The maximum Gasteiger partial charge on any atom is 0.253 e. The van der Waals surface area contributed by atoms with Crippen molar-refractivity contribution >= 4 is 5.91 Å². The Bertz CT molecular complexity index is 256. The summed E-state index contributed by atoms with van der Waals surface area (Å²) in [5.74, 6) is 0.161. The van der Waals surface area contributed by atoms with Gasteiger partial charge in [-0.1, -0.05) is 0 Å². The Morgan fingerprint density at radius 3 is 2.59 bits per heavy atom. The molecule has 0 spiro atoms. The molecular weight excluding hydrogens is 218 g/mol. The lowest BCUT2D eigenvalue weighted by molar-refractivity contribution is -0.146. The highest BCUT2D eigenvalue weighted by Crippen LogP contribution is 2.15. The Morgan fingerprint density at radius 2 is 2.06 bits per heavy atom. The molecule has 98 valence electrons. The fourth-order valence-electron chi connectivity index (χ4n) is 2.53. The van der Waals surface area contributed by atoms with Crippen LogP contribution in [-0.4, -0.2) is 74.7 Å². The first kappa shape index (κ1) is 12.8. The van der Waals surface area contributed by atoms with Gasteiger partial charge in [0.25, 0.3) is 5.91 Å². The van der Waals surface area contributed by atoms with Crippen molar-refractivity contribution in [3.8, 4) is 0 Å². The third kappa shape index (κ3) is 3.18. The van der Waals surface area contributed by atoms with Crippen LogP contribution in [0.2, 0.25) is 0 Å². The lowest BCUT2D eigenvalue weighted by Gasteiger charge is -2.37. The van der Waals surface area contributed by atoms with Crippen LogP contribution in [0, 0.1) is 0 Å². The van der Waals surface area contributed by atoms with Gasteiger partial charge in [-0.3, -0.25) is 4.79 Å². The van der Waals surface area contributed by atoms with Gasteiger partial charge in [0.2, 0.25) is 0 Å². The lowest BCUT2D eigenvalue weighted by atomic mass is 10.0. The second-order valence-electron chi connectivity index (χ2n) is 5.08. The Hall–Kier alpha value is -0.650. The molecular formula is C12H23N3O2. The van der Waals surface area contributed by atoms with Gasteiger partial charge in [0.15, 0.2) is 0 Å². The van der Waals surface area contributed by atoms with Crippen molar-refractivity contribution in [3.63, 3.8) is 0 Å². The van der Waals surface area contributed by atoms with E-state index in [4.69, 9.17) is 4.74 Å². The summed E-state index contributed by atoms with van der Waals surface area (Å²) in [6, 6.07) is 0.615. The second-order valence-corrected chi connectivity index (χ2v) is 5.08. The Balaban J connectivity index is 1.81. The zero-order valence-corrected chi connectivity index (χ0v) is 10.8. The van der Waals surface area contributed by atoms with Gasteiger partial charge in [0, 0.05) is 32.2 Å². The molecule has 2 aliphatic rings. The van der Waals surface area contributed by atoms with Crippen molar-refractivity contribution < 1.29 is 9.53 Å². The lowest BCUT2D eigenvalue weighted by Crippen LogP contribution is -2.52. The molecule has 17 heavy (non-hydrogen) atoms. The second kappa shape index (κ2) is 5.80. The molecule has 1 amide bonds. The predicted molar refractivity (Wildman–Crippen MR) is 65.9 cm³/mol. The van der Waals surface area contributed by atoms with Crippen molar-refractivity contribution in [1.29, 1.82) is 0 Å². The van der Waals surface area contributed by atoms with E-state index < -0.39 is 0 Å². The van der Waals surface area contributed by atoms with E-state index in [9.17, 15) is 4.79 Å². The van der Waals surface area contributed by atoms with Crippen molar-refractivity contribution in [1.82, 2.24) is 15.1 Å². The Kier molecular flexibility index (Phi) is 4.36. The van der Waals surface area contributed by atoms with E-state index in [0.717, 1.165) is 32.5 Å². The summed E-state index contributed by atoms with van der Waals surface area (Å²) in [5.41, 5.74) is 0. The van der Waals surface area contributed by atoms with Crippen LogP contribution in [0.4, 0.5) is 0 Å². The Labute approximate surface area is 103 Å². The van der Waals surface area contributed by atoms with Gasteiger partial charge in [0.1, 0.15) is 6.10 Å². The molecule has 0 aromatic carbocycles. The number of nitrogens with zero attached hydrogens (tertiary/aromatic N) is 2. The summed E-state index contributed by atoms with van der Waals surface area (Å²) in [4.78, 5) is 16.4. The smallest absolute Gasteiger partial charge is 0.253 e. The number of carbonyl (C=O) groups excluding carboxylic acids is 1. The van der Waals surface area contributed by atoms with E-state index in [1.807, 2.05) is 4.90 Å². The molecule has 2 saturated heterocycles. The van der Waals surface area contributed by atoms with E-state index in [1.165, 1.54) is 0 Å². The summed E-state index contributed by atoms with van der Waals surface area (Å²) < 4.78 is 5.50. The van der Waals surface area contributed by atoms with Gasteiger partial charge in [0.05, 0.1) is 6.61 Å². The number of amides is 1. The van der Waals surface area contributed by atoms with E-state index in [0.29, 0.717) is 19.2 Å². The zero-order valence-electron chi connectivity index (χ0n) is 10.8. The Morgan fingerprint density at radius 1 is 1.35 bits per heavy atom. The number of rotatable bonds is 2. The van der Waals surface area contributed by atoms with Crippen molar-refractivity contribution in [2.24, 2.45) is 0 Å². The van der Waals surface area contributed by atoms with E-state index in [2.05, 4.69) is 24.3 Å². The van der Waals surface area contributed by atoms with Gasteiger partial charge in [-0.15, -0.1) is 0 Å². The number of hydrogen-bond donors (Lipinski definition) is 1. The SMILES string of the molecule is CN(C)C1CCN(C(=O)C2CNCCO2)CC1. The number of morpholine rings is 1. The van der Waals surface area contributed by atoms with Crippen molar-refractivity contribution in [2.75, 3.05) is 46.9 Å². The largest absolute Gasteiger partial charge is 0.366 e. The predicted octanol–water partition coefficient (Wildman–Crippen LogP) is -0.473. The zero-order chi connectivity index (χ0) is 12.3. The van der Waals surface area contributed by atoms with Crippen LogP contribution in [-0.2, 0) is 9.53 Å². The fraction of sp³-hybridized carbons (Fsp3) is 0.917. The van der Waals surface area contributed by atoms with Crippen molar-refractivity contribution in [3.05, 3.63) is 0 Å². The normalized spacial score (nSPS) is 27.5. The average Bonchev–Trinajstić information content (AvgIpc) is 2.39. The van der Waals surface area contributed by atoms with Crippen LogP contribution in [0.1, 0.15) is 12.8 Å². The number of nitrogens with one attached hydrogen (secondary N) is 1. The summed E-state index contributed by atoms with van der Waals surface area (Å²) >= 11 is 0. The topological polar surface area (TPSA) is 44.8 Å². The molecule has 1 unspecified atom stereocenters. The molecule has 0 saturated carbocycles. The van der Waals surface area contributed by atoms with Gasteiger partial charge in [-0.2, -0.15) is 0 Å². The maximum absolute atomic E-state index is 12.2. The standard InChI is InChI=1S/C12H23N3O2/c1-14(2)10-3-6-15(7-4-10)12(16)11-9-13-5-8-17-11/h10-11,13H,3-9H2,1-2H3. The summed E-state index contributed by atoms with van der Waals surface area (Å²) in [6.07, 6.45) is 1.87. The molecule has 0 aliphatic carbocycles. The molecule has 0 aromatic rings. The third-order valence-electron chi connectivity index (χ3n) is 3.71. The van der Waals surface area contributed by atoms with Crippen LogP contribution in [0.25, 0.3) is 0 Å². The fourth-order valence-corrected chi connectivity index (χ4v) is 2.53. The number of ether oxygens (including phenoxy) is 1. The average molecular weight is 241 g/mol. The van der Waals surface area contributed by atoms with Crippen LogP contribution in [0.5, 0.6) is 0 Å². The number of likely N-dealkylation sites (tertiary alicyclic amines) is 1. The van der Waals surface area contributed by atoms with Crippen LogP contribution < -0.4 is 5.32 Å². The molecule has 1 atom stereocenters. The highest BCUT2D eigenvalue weighted by molar-refractivity contribution is 5.81. The van der Waals surface area contributed by atoms with Crippen molar-refractivity contribution in [2.45, 2.75) is 25.0 Å². The minimum Gasteiger partial charge on any atom is -0.366 e.